The first-order valence-corrected chi connectivity index (χ1v) is 8.24. The summed E-state index contributed by atoms with van der Waals surface area (Å²) in [6.07, 6.45) is 2.49. The van der Waals surface area contributed by atoms with Crippen molar-refractivity contribution in [3.05, 3.63) is 18.3 Å². The fourth-order valence-corrected chi connectivity index (χ4v) is 0.200. The van der Waals surface area contributed by atoms with Crippen LogP contribution >= 0.6 is 0 Å². The van der Waals surface area contributed by atoms with Gasteiger partial charge in [0, 0.05) is 0 Å². The van der Waals surface area contributed by atoms with Gasteiger partial charge in [-0.2, -0.15) is 0 Å². The van der Waals surface area contributed by atoms with Crippen LogP contribution in [-0.4, -0.2) is 24.3 Å². The molecule has 80 valence electrons. The van der Waals surface area contributed by atoms with Crippen molar-refractivity contribution >= 4 is 19.5 Å². The Morgan fingerprint density at radius 1 is 0.923 bits per heavy atom. The maximum absolute atomic E-state index is 11.2. The Kier molecular flexibility index (Phi) is 2.57. The fraction of sp³-hybridized carbons (Fsp3) is 0. The Hall–Kier alpha value is -0.592. The molecule has 0 saturated carbocycles. The van der Waals surface area contributed by atoms with E-state index in [-0.39, 0.29) is 0 Å². The minimum absolute atomic E-state index is 0.407. The average Bonchev–Trinajstić information content (AvgIpc) is 2.07. The molecule has 0 amide bonds. The first-order valence-electron chi connectivity index (χ1n) is 2.45. The summed E-state index contributed by atoms with van der Waals surface area (Å²) in [4.78, 5) is 8.14. The quantitative estimate of drug-likeness (QED) is 0.417. The molecule has 1 aromatic rings. The van der Waals surface area contributed by atoms with Gasteiger partial charge < -0.3 is 4.79 Å². The van der Waals surface area contributed by atoms with Gasteiger partial charge in [0.05, 0.1) is 0 Å². The molecule has 1 N–H and O–H groups in total. The molecule has 0 atom stereocenters. The molecule has 0 aliphatic carbocycles. The number of hydrogen-bond donors (Lipinski definition) is 0. The van der Waals surface area contributed by atoms with E-state index < -0.39 is 25.3 Å². The first-order chi connectivity index (χ1) is 5.34. The van der Waals surface area contributed by atoms with Crippen LogP contribution in [0.4, 0.5) is 16.9 Å². The van der Waals surface area contributed by atoms with Gasteiger partial charge in [-0.1, -0.05) is 0 Å². The Labute approximate surface area is 68.8 Å². The van der Waals surface area contributed by atoms with Gasteiger partial charge in [-0.3, -0.25) is 8.83 Å². The third-order valence-electron chi connectivity index (χ3n) is 0.393. The molecule has 1 heterocycles. The van der Waals surface area contributed by atoms with E-state index in [1.165, 1.54) is 12.5 Å². The molecule has 0 aromatic carbocycles. The largest absolute Gasteiger partial charge is 0.723 e. The summed E-state index contributed by atoms with van der Waals surface area (Å²) in [5.41, 5.74) is 0. The van der Waals surface area contributed by atoms with Crippen molar-refractivity contribution in [3.63, 3.8) is 0 Å². The van der Waals surface area contributed by atoms with E-state index in [1.807, 2.05) is 0 Å². The van der Waals surface area contributed by atoms with Crippen molar-refractivity contribution in [1.82, 2.24) is 0 Å². The Morgan fingerprint density at radius 2 is 1.15 bits per heavy atom. The normalized spacial score (nSPS) is 16.5. The van der Waals surface area contributed by atoms with E-state index in [4.69, 9.17) is 4.79 Å². The SMILES string of the molecule is [F][Sb-]([F])([F])([F])([F])[F].[OH+]=c1occo1. The molecule has 1 rings (SSSR count). The van der Waals surface area contributed by atoms with E-state index in [1.54, 1.807) is 0 Å². The monoisotopic (exact) mass is 322 g/mol. The van der Waals surface area contributed by atoms with Gasteiger partial charge >= 0.3 is 42.2 Å². The van der Waals surface area contributed by atoms with Crippen LogP contribution in [0.15, 0.2) is 21.4 Å². The van der Waals surface area contributed by atoms with Crippen LogP contribution in [0.25, 0.3) is 0 Å². The Morgan fingerprint density at radius 3 is 1.23 bits per heavy atom. The van der Waals surface area contributed by atoms with Crippen LogP contribution in [0.5, 0.6) is 0 Å². The second kappa shape index (κ2) is 2.70. The topological polar surface area (TPSA) is 47.7 Å². The maximum atomic E-state index is 9.93. The zero-order valence-electron chi connectivity index (χ0n) is 5.63. The Bertz CT molecular complexity index is 289. The summed E-state index contributed by atoms with van der Waals surface area (Å²) in [6, 6.07) is 0. The van der Waals surface area contributed by atoms with E-state index in [0.29, 0.717) is 0 Å². The van der Waals surface area contributed by atoms with E-state index in [9.17, 15) is 16.9 Å². The van der Waals surface area contributed by atoms with Gasteiger partial charge in [-0.25, -0.2) is 0 Å². The molecule has 0 fully saturated rings. The molecular weight excluding hydrogens is 320 g/mol. The van der Waals surface area contributed by atoms with Crippen LogP contribution in [0.2, 0.25) is 0 Å². The second-order valence-electron chi connectivity index (χ2n) is 1.73. The molecule has 3 nitrogen and oxygen atoms in total. The molecule has 0 aliphatic heterocycles. The minimum Gasteiger partial charge on any atom is -0.336 e. The standard InChI is InChI=1S/C3H2O3.6FH.Sb/c4-3-5-1-2-6-3;;;;;;;/h1-2H;6*1H;/q;;;;;;;+5/p-5. The molecule has 0 aliphatic rings. The van der Waals surface area contributed by atoms with Gasteiger partial charge in [0.2, 0.25) is 12.5 Å². The second-order valence-corrected chi connectivity index (χ2v) is 7.20. The van der Waals surface area contributed by atoms with Crippen molar-refractivity contribution in [2.24, 2.45) is 0 Å². The number of rotatable bonds is 0. The summed E-state index contributed by atoms with van der Waals surface area (Å²) in [7, 11) is 0. The smallest absolute Gasteiger partial charge is 0.336 e. The summed E-state index contributed by atoms with van der Waals surface area (Å²) in [6.45, 7) is 0. The van der Waals surface area contributed by atoms with Crippen LogP contribution in [-0.2, 0) is 0 Å². The van der Waals surface area contributed by atoms with Crippen LogP contribution in [0.1, 0.15) is 0 Å². The predicted octanol–water partition coefficient (Wildman–Crippen LogP) is 2.02. The summed E-state index contributed by atoms with van der Waals surface area (Å²) in [5.74, 6) is -0.407. The van der Waals surface area contributed by atoms with Crippen molar-refractivity contribution < 1.29 is 30.5 Å². The number of hydrogen-bond acceptors (Lipinski definition) is 2. The van der Waals surface area contributed by atoms with Gasteiger partial charge in [0.1, 0.15) is 0 Å². The minimum atomic E-state index is -11.2. The average molecular weight is 323 g/mol. The van der Waals surface area contributed by atoms with Crippen molar-refractivity contribution in [1.29, 1.82) is 0 Å². The molecule has 0 saturated heterocycles. The van der Waals surface area contributed by atoms with Crippen LogP contribution < -0.4 is 5.82 Å². The van der Waals surface area contributed by atoms with E-state index >= 15 is 0 Å². The zero-order valence-corrected chi connectivity index (χ0v) is 8.19. The maximum Gasteiger partial charge on any atom is 0.723 e. The summed E-state index contributed by atoms with van der Waals surface area (Å²) in [5, 5.41) is 0. The predicted molar refractivity (Wildman–Crippen MR) is 28.4 cm³/mol. The van der Waals surface area contributed by atoms with Crippen LogP contribution in [0.3, 0.4) is 0 Å². The van der Waals surface area contributed by atoms with Gasteiger partial charge in [0.25, 0.3) is 0 Å². The van der Waals surface area contributed by atoms with E-state index in [2.05, 4.69) is 8.83 Å². The molecular formula is C3H3F6O3Sb. The first kappa shape index (κ1) is 12.4. The summed E-state index contributed by atoms with van der Waals surface area (Å²) >= 11 is -11.2. The Balaban J connectivity index is 0.000000223. The fourth-order valence-electron chi connectivity index (χ4n) is 0.200. The zero-order chi connectivity index (χ0) is 10.8. The van der Waals surface area contributed by atoms with Gasteiger partial charge in [-0.05, 0) is 0 Å². The van der Waals surface area contributed by atoms with Crippen LogP contribution in [0, 0.1) is 0 Å². The third kappa shape index (κ3) is 24.6. The van der Waals surface area contributed by atoms with Crippen molar-refractivity contribution in [2.45, 2.75) is 0 Å². The molecule has 0 bridgehead atoms. The summed E-state index contributed by atoms with van der Waals surface area (Å²) < 4.78 is 68.0. The third-order valence-corrected chi connectivity index (χ3v) is 0.393. The van der Waals surface area contributed by atoms with Crippen molar-refractivity contribution in [2.75, 3.05) is 0 Å². The van der Waals surface area contributed by atoms with Gasteiger partial charge in [-0.15, -0.1) is 0 Å². The van der Waals surface area contributed by atoms with E-state index in [0.717, 1.165) is 0 Å². The number of halogens is 6. The molecule has 1 aromatic heterocycles. The van der Waals surface area contributed by atoms with Crippen molar-refractivity contribution in [3.8, 4) is 0 Å². The molecule has 13 heavy (non-hydrogen) atoms. The molecule has 10 heteroatoms. The molecule has 0 spiro atoms. The molecule has 0 unspecified atom stereocenters. The van der Waals surface area contributed by atoms with Gasteiger partial charge in [0.15, 0.2) is 0 Å². The molecule has 0 radical (unpaired) electrons.